The fourth-order valence-corrected chi connectivity index (χ4v) is 5.97. The van der Waals surface area contributed by atoms with Crippen molar-refractivity contribution < 1.29 is 23.8 Å². The molecule has 2 atom stereocenters. The number of fused-ring (bicyclic) bond motifs is 2. The van der Waals surface area contributed by atoms with Gasteiger partial charge in [-0.25, -0.2) is 4.39 Å². The summed E-state index contributed by atoms with van der Waals surface area (Å²) in [5, 5.41) is 24.0. The van der Waals surface area contributed by atoms with Gasteiger partial charge in [0.2, 0.25) is 5.91 Å². The Morgan fingerprint density at radius 2 is 1.90 bits per heavy atom. The van der Waals surface area contributed by atoms with Crippen LogP contribution in [0.4, 0.5) is 4.39 Å². The van der Waals surface area contributed by atoms with Crippen molar-refractivity contribution in [3.63, 3.8) is 0 Å². The van der Waals surface area contributed by atoms with Crippen molar-refractivity contribution >= 4 is 33.6 Å². The molecule has 0 bridgehead atoms. The second-order valence-electron chi connectivity index (χ2n) is 11.4. The molecule has 10 heteroatoms. The van der Waals surface area contributed by atoms with Crippen molar-refractivity contribution in [3.8, 4) is 16.8 Å². The second kappa shape index (κ2) is 10.7. The van der Waals surface area contributed by atoms with E-state index in [0.717, 1.165) is 44.3 Å². The Kier molecular flexibility index (Phi) is 7.04. The Labute approximate surface area is 241 Å². The highest BCUT2D eigenvalue weighted by atomic mass is 19.1. The molecule has 0 aliphatic carbocycles. The van der Waals surface area contributed by atoms with Crippen LogP contribution in [0.3, 0.4) is 0 Å². The zero-order valence-electron chi connectivity index (χ0n) is 23.6. The van der Waals surface area contributed by atoms with E-state index in [0.29, 0.717) is 18.6 Å². The van der Waals surface area contributed by atoms with Crippen LogP contribution in [0.2, 0.25) is 0 Å². The van der Waals surface area contributed by atoms with Crippen LogP contribution in [0.1, 0.15) is 36.3 Å². The first-order chi connectivity index (χ1) is 20.2. The number of hydrogen-bond donors (Lipinski definition) is 4. The molecule has 3 aromatic carbocycles. The molecule has 0 radical (unpaired) electrons. The number of nitrogens with one attached hydrogen (secondary N) is 3. The number of H-pyrrole nitrogens is 1. The Morgan fingerprint density at radius 3 is 2.57 bits per heavy atom. The van der Waals surface area contributed by atoms with E-state index >= 15 is 0 Å². The highest BCUT2D eigenvalue weighted by Crippen LogP contribution is 2.44. The Hall–Kier alpha value is -4.54. The van der Waals surface area contributed by atoms with E-state index in [-0.39, 0.29) is 30.3 Å². The zero-order valence-corrected chi connectivity index (χ0v) is 23.6. The largest absolute Gasteiger partial charge is 0.394 e. The number of carbonyl (C=O) groups excluding carboxylic acids is 2. The molecule has 1 saturated heterocycles. The number of aliphatic hydroxyl groups is 1. The number of methoxy groups -OCH3 is 1. The van der Waals surface area contributed by atoms with Crippen LogP contribution in [-0.4, -0.2) is 64.1 Å². The lowest BCUT2D eigenvalue weighted by atomic mass is 9.84. The number of halogens is 1. The fourth-order valence-electron chi connectivity index (χ4n) is 5.97. The smallest absolute Gasteiger partial charge is 0.251 e. The highest BCUT2D eigenvalue weighted by Gasteiger charge is 2.34. The van der Waals surface area contributed by atoms with E-state index in [4.69, 9.17) is 4.74 Å². The lowest BCUT2D eigenvalue weighted by Gasteiger charge is -2.28. The van der Waals surface area contributed by atoms with Crippen LogP contribution < -0.4 is 10.6 Å². The summed E-state index contributed by atoms with van der Waals surface area (Å²) in [6, 6.07) is 16.8. The molecule has 1 aliphatic rings. The van der Waals surface area contributed by atoms with Crippen molar-refractivity contribution in [2.45, 2.75) is 37.8 Å². The van der Waals surface area contributed by atoms with Crippen molar-refractivity contribution in [1.82, 2.24) is 25.4 Å². The van der Waals surface area contributed by atoms with Gasteiger partial charge >= 0.3 is 0 Å². The summed E-state index contributed by atoms with van der Waals surface area (Å²) < 4.78 is 21.8. The Balaban J connectivity index is 1.50. The van der Waals surface area contributed by atoms with Crippen molar-refractivity contribution in [3.05, 3.63) is 83.9 Å². The van der Waals surface area contributed by atoms with E-state index in [1.807, 2.05) is 12.1 Å². The Morgan fingerprint density at radius 1 is 1.17 bits per heavy atom. The van der Waals surface area contributed by atoms with Crippen LogP contribution >= 0.6 is 0 Å². The van der Waals surface area contributed by atoms with Crippen LogP contribution in [0.25, 0.3) is 38.6 Å². The van der Waals surface area contributed by atoms with Crippen LogP contribution in [0, 0.1) is 5.82 Å². The molecule has 42 heavy (non-hydrogen) atoms. The summed E-state index contributed by atoms with van der Waals surface area (Å²) >= 11 is 0. The van der Waals surface area contributed by atoms with Gasteiger partial charge in [0, 0.05) is 45.8 Å². The van der Waals surface area contributed by atoms with Gasteiger partial charge in [0.1, 0.15) is 11.9 Å². The number of rotatable bonds is 8. The van der Waals surface area contributed by atoms with Crippen molar-refractivity contribution in [2.24, 2.45) is 0 Å². The molecule has 0 spiro atoms. The maximum atomic E-state index is 14.0. The first kappa shape index (κ1) is 27.6. The van der Waals surface area contributed by atoms with E-state index < -0.39 is 11.5 Å². The molecule has 1 aliphatic heterocycles. The summed E-state index contributed by atoms with van der Waals surface area (Å²) in [5.41, 5.74) is 5.37. The molecule has 3 heterocycles. The lowest BCUT2D eigenvalue weighted by molar-refractivity contribution is -0.121. The number of aromatic amines is 1. The third kappa shape index (κ3) is 4.82. The number of hydrogen-bond acceptors (Lipinski definition) is 5. The molecular formula is C32H32FN5O4. The molecule has 0 saturated carbocycles. The number of amides is 2. The minimum atomic E-state index is -0.693. The van der Waals surface area contributed by atoms with Crippen molar-refractivity contribution in [1.29, 1.82) is 0 Å². The quantitative estimate of drug-likeness (QED) is 0.223. The summed E-state index contributed by atoms with van der Waals surface area (Å²) in [5.74, 6) is -0.989. The molecule has 4 N–H and O–H groups in total. The average molecular weight is 570 g/mol. The number of nitrogens with zero attached hydrogens (tertiary/aromatic N) is 2. The second-order valence-corrected chi connectivity index (χ2v) is 11.4. The van der Waals surface area contributed by atoms with Gasteiger partial charge in [0.05, 0.1) is 36.5 Å². The fraction of sp³-hybridized carbons (Fsp3) is 0.281. The lowest BCUT2D eigenvalue weighted by Crippen LogP contribution is -2.40. The Bertz CT molecular complexity index is 1790. The number of aromatic nitrogens is 3. The first-order valence-electron chi connectivity index (χ1n) is 13.8. The van der Waals surface area contributed by atoms with E-state index in [1.165, 1.54) is 12.1 Å². The van der Waals surface area contributed by atoms with E-state index in [1.54, 1.807) is 37.6 Å². The SMILES string of the molecule is COCC(C)(C)c1c(-c2ccc(C(=O)N[C@H]3C[C@@H](CO)NC3=O)cc2)c2cc3[nH]ncc3cc2n1-c1ccc(F)cc1. The molecule has 216 valence electrons. The predicted molar refractivity (Wildman–Crippen MR) is 158 cm³/mol. The molecule has 0 unspecified atom stereocenters. The molecular weight excluding hydrogens is 537 g/mol. The third-order valence-electron chi connectivity index (χ3n) is 7.90. The van der Waals surface area contributed by atoms with Crippen LogP contribution in [0.15, 0.2) is 66.9 Å². The van der Waals surface area contributed by atoms with Gasteiger partial charge in [-0.15, -0.1) is 0 Å². The summed E-state index contributed by atoms with van der Waals surface area (Å²) in [6.45, 7) is 4.46. The molecule has 2 aromatic heterocycles. The van der Waals surface area contributed by atoms with Gasteiger partial charge in [0.25, 0.3) is 5.91 Å². The maximum Gasteiger partial charge on any atom is 0.251 e. The van der Waals surface area contributed by atoms with Gasteiger partial charge in [-0.2, -0.15) is 5.10 Å². The van der Waals surface area contributed by atoms with E-state index in [9.17, 15) is 19.1 Å². The number of aliphatic hydroxyl groups excluding tert-OH is 1. The van der Waals surface area contributed by atoms with Gasteiger partial charge in [-0.1, -0.05) is 26.0 Å². The molecule has 2 amide bonds. The molecule has 1 fully saturated rings. The average Bonchev–Trinajstić information content (AvgIpc) is 3.67. The maximum absolute atomic E-state index is 14.0. The van der Waals surface area contributed by atoms with E-state index in [2.05, 4.69) is 51.4 Å². The predicted octanol–water partition coefficient (Wildman–Crippen LogP) is 4.22. The summed E-state index contributed by atoms with van der Waals surface area (Å²) in [7, 11) is 1.67. The highest BCUT2D eigenvalue weighted by molar-refractivity contribution is 6.06. The van der Waals surface area contributed by atoms with Gasteiger partial charge in [0.15, 0.2) is 0 Å². The summed E-state index contributed by atoms with van der Waals surface area (Å²) in [4.78, 5) is 25.2. The van der Waals surface area contributed by atoms with Gasteiger partial charge in [-0.05, 0) is 60.5 Å². The molecule has 5 aromatic rings. The third-order valence-corrected chi connectivity index (χ3v) is 7.90. The van der Waals surface area contributed by atoms with Gasteiger partial charge in [-0.3, -0.25) is 14.7 Å². The van der Waals surface area contributed by atoms with Crippen molar-refractivity contribution in [2.75, 3.05) is 20.3 Å². The van der Waals surface area contributed by atoms with Crippen LogP contribution in [-0.2, 0) is 14.9 Å². The molecule has 6 rings (SSSR count). The van der Waals surface area contributed by atoms with Gasteiger partial charge < -0.3 is 25.0 Å². The minimum absolute atomic E-state index is 0.176. The number of carbonyl (C=O) groups is 2. The number of benzene rings is 3. The number of ether oxygens (including phenoxy) is 1. The minimum Gasteiger partial charge on any atom is -0.394 e. The first-order valence-corrected chi connectivity index (χ1v) is 13.8. The summed E-state index contributed by atoms with van der Waals surface area (Å²) in [6.07, 6.45) is 2.11. The monoisotopic (exact) mass is 569 g/mol. The van der Waals surface area contributed by atoms with Crippen LogP contribution in [0.5, 0.6) is 0 Å². The normalized spacial score (nSPS) is 17.2. The topological polar surface area (TPSA) is 121 Å². The standard InChI is InChI=1S/C32H32FN5O4/c1-32(2,17-42-3)29-28(18-4-6-19(7-5-18)30(40)36-26-13-22(16-39)35-31(26)41)24-14-25-20(15-34-37-25)12-27(24)38(29)23-10-8-21(33)9-11-23/h4-12,14-15,22,26,39H,13,16-17H2,1-3H3,(H,34,37)(H,35,41)(H,36,40)/t22-,26-/m0/s1. The zero-order chi connectivity index (χ0) is 29.6. The molecule has 9 nitrogen and oxygen atoms in total.